The van der Waals surface area contributed by atoms with Gasteiger partial charge in [0.2, 0.25) is 5.91 Å². The third-order valence-electron chi connectivity index (χ3n) is 5.99. The quantitative estimate of drug-likeness (QED) is 0.213. The number of carbonyl (C=O) groups excluding carboxylic acids is 1. The highest BCUT2D eigenvalue weighted by Crippen LogP contribution is 2.37. The Labute approximate surface area is 234 Å². The van der Waals surface area contributed by atoms with Gasteiger partial charge in [-0.05, 0) is 50.3 Å². The molecular weight excluding hydrogens is 549 g/mol. The maximum Gasteiger partial charge on any atom is 0.235 e. The summed E-state index contributed by atoms with van der Waals surface area (Å²) in [5, 5.41) is 23.5. The second-order valence-electron chi connectivity index (χ2n) is 8.65. The van der Waals surface area contributed by atoms with Crippen molar-refractivity contribution in [3.63, 3.8) is 0 Å². The first-order chi connectivity index (χ1) is 17.9. The van der Waals surface area contributed by atoms with Gasteiger partial charge in [-0.1, -0.05) is 53.9 Å². The van der Waals surface area contributed by atoms with Crippen molar-refractivity contribution in [3.8, 4) is 11.8 Å². The maximum atomic E-state index is 12.9. The first-order valence-corrected chi connectivity index (χ1v) is 14.6. The van der Waals surface area contributed by atoms with Gasteiger partial charge in [-0.3, -0.25) is 9.36 Å². The molecule has 1 unspecified atom stereocenters. The standard InChI is InChI=1S/C26H27Cl2N5O2S2/c1-3-12-33-24(16(2)35-21-13-17(27)10-11-20(21)28)31-32-26(33)36-15-23(34)30-25-19(14-29)18-8-6-4-5-7-9-22(18)37-25/h3,10-11,13,16H,1,4-9,12,15H2,2H3,(H,30,34). The average molecular weight is 577 g/mol. The minimum absolute atomic E-state index is 0.123. The van der Waals surface area contributed by atoms with Gasteiger partial charge in [0.1, 0.15) is 16.8 Å². The molecule has 2 aromatic heterocycles. The Morgan fingerprint density at radius 2 is 2.11 bits per heavy atom. The molecule has 0 saturated carbocycles. The van der Waals surface area contributed by atoms with Crippen molar-refractivity contribution in [3.05, 3.63) is 62.7 Å². The second-order valence-corrected chi connectivity index (χ2v) is 11.5. The Morgan fingerprint density at radius 1 is 1.32 bits per heavy atom. The Kier molecular flexibility index (Phi) is 9.54. The highest BCUT2D eigenvalue weighted by Gasteiger charge is 2.23. The first-order valence-electron chi connectivity index (χ1n) is 12.0. The van der Waals surface area contributed by atoms with Crippen LogP contribution in [0.1, 0.15) is 60.5 Å². The van der Waals surface area contributed by atoms with E-state index in [1.807, 2.05) is 11.5 Å². The van der Waals surface area contributed by atoms with Crippen LogP contribution in [0.5, 0.6) is 5.75 Å². The minimum Gasteiger partial charge on any atom is -0.481 e. The Morgan fingerprint density at radius 3 is 2.86 bits per heavy atom. The number of benzene rings is 1. The van der Waals surface area contributed by atoms with Crippen molar-refractivity contribution in [1.29, 1.82) is 5.26 Å². The molecule has 0 spiro atoms. The number of fused-ring (bicyclic) bond motifs is 1. The molecule has 1 aromatic carbocycles. The Hall–Kier alpha value is -2.51. The summed E-state index contributed by atoms with van der Waals surface area (Å²) in [4.78, 5) is 14.1. The smallest absolute Gasteiger partial charge is 0.235 e. The fraction of sp³-hybridized carbons (Fsp3) is 0.385. The number of thiophene rings is 1. The number of aryl methyl sites for hydroxylation is 1. The lowest BCUT2D eigenvalue weighted by Crippen LogP contribution is -2.15. The van der Waals surface area contributed by atoms with Crippen LogP contribution in [0.15, 0.2) is 36.0 Å². The number of hydrogen-bond donors (Lipinski definition) is 1. The summed E-state index contributed by atoms with van der Waals surface area (Å²) in [6, 6.07) is 7.33. The van der Waals surface area contributed by atoms with Gasteiger partial charge in [-0.2, -0.15) is 5.26 Å². The largest absolute Gasteiger partial charge is 0.481 e. The van der Waals surface area contributed by atoms with Crippen molar-refractivity contribution in [2.75, 3.05) is 11.1 Å². The molecule has 4 rings (SSSR count). The van der Waals surface area contributed by atoms with Gasteiger partial charge in [0.05, 0.1) is 16.3 Å². The molecule has 7 nitrogen and oxygen atoms in total. The van der Waals surface area contributed by atoms with Gasteiger partial charge in [0, 0.05) is 22.5 Å². The summed E-state index contributed by atoms with van der Waals surface area (Å²) in [5.74, 6) is 0.948. The number of ether oxygens (including phenoxy) is 1. The molecule has 1 atom stereocenters. The molecule has 2 heterocycles. The summed E-state index contributed by atoms with van der Waals surface area (Å²) >= 11 is 15.1. The second kappa shape index (κ2) is 12.8. The molecule has 37 heavy (non-hydrogen) atoms. The molecule has 0 bridgehead atoms. The van der Waals surface area contributed by atoms with Crippen LogP contribution < -0.4 is 10.1 Å². The molecule has 11 heteroatoms. The highest BCUT2D eigenvalue weighted by atomic mass is 35.5. The molecular formula is C26H27Cl2N5O2S2. The van der Waals surface area contributed by atoms with E-state index in [0.29, 0.717) is 43.9 Å². The van der Waals surface area contributed by atoms with E-state index < -0.39 is 6.10 Å². The summed E-state index contributed by atoms with van der Waals surface area (Å²) in [6.45, 7) is 6.11. The number of carbonyl (C=O) groups is 1. The van der Waals surface area contributed by atoms with Crippen LogP contribution in [0.25, 0.3) is 0 Å². The van der Waals surface area contributed by atoms with Crippen molar-refractivity contribution >= 4 is 57.2 Å². The average Bonchev–Trinajstić information content (AvgIpc) is 3.40. The number of nitrogens with zero attached hydrogens (tertiary/aromatic N) is 4. The van der Waals surface area contributed by atoms with Gasteiger partial charge in [0.15, 0.2) is 17.1 Å². The fourth-order valence-corrected chi connectivity index (χ4v) is 6.57. The number of allylic oxidation sites excluding steroid dienone is 1. The van der Waals surface area contributed by atoms with Gasteiger partial charge < -0.3 is 10.1 Å². The Bertz CT molecular complexity index is 1330. The zero-order valence-electron chi connectivity index (χ0n) is 20.4. The lowest BCUT2D eigenvalue weighted by molar-refractivity contribution is -0.113. The van der Waals surface area contributed by atoms with Crippen LogP contribution in [0.3, 0.4) is 0 Å². The van der Waals surface area contributed by atoms with Crippen LogP contribution >= 0.6 is 46.3 Å². The topological polar surface area (TPSA) is 92.8 Å². The highest BCUT2D eigenvalue weighted by molar-refractivity contribution is 7.99. The van der Waals surface area contributed by atoms with Crippen LogP contribution in [-0.4, -0.2) is 26.4 Å². The van der Waals surface area contributed by atoms with Gasteiger partial charge in [0.25, 0.3) is 0 Å². The SMILES string of the molecule is C=CCn1c(SCC(=O)Nc2sc3c(c2C#N)CCCCCC3)nnc1C(C)Oc1cc(Cl)ccc1Cl. The number of halogens is 2. The van der Waals surface area contributed by atoms with E-state index in [0.717, 1.165) is 31.2 Å². The number of hydrogen-bond acceptors (Lipinski definition) is 7. The van der Waals surface area contributed by atoms with Crippen LogP contribution in [0.4, 0.5) is 5.00 Å². The van der Waals surface area contributed by atoms with Crippen LogP contribution in [0, 0.1) is 11.3 Å². The number of aromatic nitrogens is 3. The molecule has 194 valence electrons. The zero-order valence-corrected chi connectivity index (χ0v) is 23.6. The third-order valence-corrected chi connectivity index (χ3v) is 8.71. The molecule has 1 amide bonds. The van der Waals surface area contributed by atoms with Crippen molar-refractivity contribution in [1.82, 2.24) is 14.8 Å². The van der Waals surface area contributed by atoms with Gasteiger partial charge in [-0.15, -0.1) is 28.1 Å². The number of rotatable bonds is 9. The maximum absolute atomic E-state index is 12.9. The van der Waals surface area contributed by atoms with Crippen molar-refractivity contribution in [2.45, 2.75) is 63.3 Å². The lowest BCUT2D eigenvalue weighted by Gasteiger charge is -2.16. The third kappa shape index (κ3) is 6.68. The van der Waals surface area contributed by atoms with Crippen LogP contribution in [0.2, 0.25) is 10.0 Å². The van der Waals surface area contributed by atoms with E-state index in [2.05, 4.69) is 28.2 Å². The molecule has 0 radical (unpaired) electrons. The van der Waals surface area contributed by atoms with E-state index in [4.69, 9.17) is 27.9 Å². The van der Waals surface area contributed by atoms with Gasteiger partial charge in [-0.25, -0.2) is 0 Å². The fourth-order valence-electron chi connectivity index (χ4n) is 4.24. The molecule has 0 aliphatic heterocycles. The summed E-state index contributed by atoms with van der Waals surface area (Å²) in [5.41, 5.74) is 1.72. The predicted octanol–water partition coefficient (Wildman–Crippen LogP) is 7.23. The number of amides is 1. The minimum atomic E-state index is -0.476. The van der Waals surface area contributed by atoms with Gasteiger partial charge >= 0.3 is 0 Å². The van der Waals surface area contributed by atoms with E-state index in [-0.39, 0.29) is 11.7 Å². The normalized spacial score (nSPS) is 14.1. The molecule has 0 fully saturated rings. The molecule has 1 aliphatic carbocycles. The van der Waals surface area contributed by atoms with E-state index in [9.17, 15) is 10.1 Å². The van der Waals surface area contributed by atoms with E-state index in [1.165, 1.54) is 40.8 Å². The first kappa shape index (κ1) is 27.5. The number of thioether (sulfide) groups is 1. The molecule has 3 aromatic rings. The summed E-state index contributed by atoms with van der Waals surface area (Å²) in [7, 11) is 0. The lowest BCUT2D eigenvalue weighted by atomic mass is 9.97. The summed E-state index contributed by atoms with van der Waals surface area (Å²) in [6.07, 6.45) is 7.71. The number of nitrogens with one attached hydrogen (secondary N) is 1. The monoisotopic (exact) mass is 575 g/mol. The molecule has 0 saturated heterocycles. The zero-order chi connectivity index (χ0) is 26.4. The molecule has 1 aliphatic rings. The van der Waals surface area contributed by atoms with E-state index >= 15 is 0 Å². The predicted molar refractivity (Wildman–Crippen MR) is 150 cm³/mol. The summed E-state index contributed by atoms with van der Waals surface area (Å²) < 4.78 is 7.86. The Balaban J connectivity index is 1.45. The number of nitriles is 1. The van der Waals surface area contributed by atoms with Crippen molar-refractivity contribution in [2.24, 2.45) is 0 Å². The van der Waals surface area contributed by atoms with E-state index in [1.54, 1.807) is 24.3 Å². The number of anilines is 1. The van der Waals surface area contributed by atoms with Crippen molar-refractivity contribution < 1.29 is 9.53 Å². The van der Waals surface area contributed by atoms with Crippen LogP contribution in [-0.2, 0) is 24.2 Å². The molecule has 1 N–H and O–H groups in total.